The summed E-state index contributed by atoms with van der Waals surface area (Å²) >= 11 is 0. The third-order valence-corrected chi connectivity index (χ3v) is 3.52. The van der Waals surface area contributed by atoms with Crippen molar-refractivity contribution < 1.29 is 9.18 Å². The fourth-order valence-electron chi connectivity index (χ4n) is 2.59. The van der Waals surface area contributed by atoms with Gasteiger partial charge in [0.15, 0.2) is 5.78 Å². The SMILES string of the molecule is O=C1c2ccccc2CC1Cc1ccc(F)cc1. The van der Waals surface area contributed by atoms with Crippen LogP contribution in [0.3, 0.4) is 0 Å². The molecule has 0 aliphatic heterocycles. The van der Waals surface area contributed by atoms with E-state index in [1.807, 2.05) is 24.3 Å². The minimum absolute atomic E-state index is 0.00728. The van der Waals surface area contributed by atoms with Crippen LogP contribution in [0.5, 0.6) is 0 Å². The molecule has 0 amide bonds. The average molecular weight is 240 g/mol. The molecule has 1 aliphatic carbocycles. The summed E-state index contributed by atoms with van der Waals surface area (Å²) in [4.78, 5) is 12.2. The van der Waals surface area contributed by atoms with Crippen LogP contribution < -0.4 is 0 Å². The fraction of sp³-hybridized carbons (Fsp3) is 0.188. The van der Waals surface area contributed by atoms with E-state index < -0.39 is 0 Å². The highest BCUT2D eigenvalue weighted by molar-refractivity contribution is 6.02. The lowest BCUT2D eigenvalue weighted by atomic mass is 9.96. The first-order chi connectivity index (χ1) is 8.74. The summed E-state index contributed by atoms with van der Waals surface area (Å²) < 4.78 is 12.8. The van der Waals surface area contributed by atoms with Gasteiger partial charge in [-0.15, -0.1) is 0 Å². The lowest BCUT2D eigenvalue weighted by molar-refractivity contribution is 0.0936. The molecule has 3 rings (SSSR count). The van der Waals surface area contributed by atoms with Gasteiger partial charge in [0.25, 0.3) is 0 Å². The summed E-state index contributed by atoms with van der Waals surface area (Å²) in [5, 5.41) is 0. The van der Waals surface area contributed by atoms with Crippen molar-refractivity contribution in [3.8, 4) is 0 Å². The second-order valence-electron chi connectivity index (χ2n) is 4.75. The van der Waals surface area contributed by atoms with Crippen LogP contribution in [0.1, 0.15) is 21.5 Å². The van der Waals surface area contributed by atoms with Crippen LogP contribution >= 0.6 is 0 Å². The van der Waals surface area contributed by atoms with Gasteiger partial charge < -0.3 is 0 Å². The van der Waals surface area contributed by atoms with Crippen molar-refractivity contribution in [3.05, 3.63) is 71.0 Å². The van der Waals surface area contributed by atoms with Gasteiger partial charge >= 0.3 is 0 Å². The maximum atomic E-state index is 12.8. The minimum Gasteiger partial charge on any atom is -0.294 e. The number of benzene rings is 2. The van der Waals surface area contributed by atoms with Gasteiger partial charge in [-0.25, -0.2) is 4.39 Å². The molecular formula is C16H13FO. The number of rotatable bonds is 2. The molecule has 0 spiro atoms. The number of Topliss-reactive ketones (excluding diaryl/α,β-unsaturated/α-hetero) is 1. The Morgan fingerprint density at radius 3 is 2.50 bits per heavy atom. The normalized spacial score (nSPS) is 17.8. The van der Waals surface area contributed by atoms with Crippen LogP contribution in [0.15, 0.2) is 48.5 Å². The topological polar surface area (TPSA) is 17.1 Å². The van der Waals surface area contributed by atoms with E-state index in [2.05, 4.69) is 0 Å². The summed E-state index contributed by atoms with van der Waals surface area (Å²) in [7, 11) is 0. The first kappa shape index (κ1) is 11.1. The lowest BCUT2D eigenvalue weighted by Gasteiger charge is -2.07. The van der Waals surface area contributed by atoms with Crippen LogP contribution in [0.2, 0.25) is 0 Å². The standard InChI is InChI=1S/C16H13FO/c17-14-7-5-11(6-8-14)9-13-10-12-3-1-2-4-15(12)16(13)18/h1-8,13H,9-10H2. The first-order valence-corrected chi connectivity index (χ1v) is 6.10. The molecule has 0 bridgehead atoms. The fourth-order valence-corrected chi connectivity index (χ4v) is 2.59. The zero-order valence-corrected chi connectivity index (χ0v) is 9.90. The number of carbonyl (C=O) groups excluding carboxylic acids is 1. The van der Waals surface area contributed by atoms with Gasteiger partial charge in [0.2, 0.25) is 0 Å². The smallest absolute Gasteiger partial charge is 0.166 e. The summed E-state index contributed by atoms with van der Waals surface area (Å²) in [6, 6.07) is 14.2. The monoisotopic (exact) mass is 240 g/mol. The molecule has 2 heteroatoms. The van der Waals surface area contributed by atoms with E-state index in [9.17, 15) is 9.18 Å². The van der Waals surface area contributed by atoms with E-state index in [0.717, 1.165) is 23.1 Å². The Bertz CT molecular complexity index is 586. The number of hydrogen-bond acceptors (Lipinski definition) is 1. The summed E-state index contributed by atoms with van der Waals surface area (Å²) in [5.41, 5.74) is 3.00. The van der Waals surface area contributed by atoms with Gasteiger partial charge in [0, 0.05) is 11.5 Å². The molecular weight excluding hydrogens is 227 g/mol. The minimum atomic E-state index is -0.236. The zero-order valence-electron chi connectivity index (χ0n) is 9.90. The molecule has 1 unspecified atom stereocenters. The Morgan fingerprint density at radius 2 is 1.78 bits per heavy atom. The van der Waals surface area contributed by atoms with Crippen molar-refractivity contribution in [1.29, 1.82) is 0 Å². The summed E-state index contributed by atoms with van der Waals surface area (Å²) in [6.45, 7) is 0. The number of hydrogen-bond donors (Lipinski definition) is 0. The third-order valence-electron chi connectivity index (χ3n) is 3.52. The van der Waals surface area contributed by atoms with Crippen LogP contribution in [-0.2, 0) is 12.8 Å². The Balaban J connectivity index is 1.81. The predicted molar refractivity (Wildman–Crippen MR) is 68.1 cm³/mol. The Labute approximate surface area is 105 Å². The summed E-state index contributed by atoms with van der Waals surface area (Å²) in [6.07, 6.45) is 1.49. The van der Waals surface area contributed by atoms with Crippen molar-refractivity contribution >= 4 is 5.78 Å². The second kappa shape index (κ2) is 4.37. The average Bonchev–Trinajstić information content (AvgIpc) is 2.70. The molecule has 0 radical (unpaired) electrons. The van der Waals surface area contributed by atoms with E-state index >= 15 is 0 Å². The first-order valence-electron chi connectivity index (χ1n) is 6.10. The van der Waals surface area contributed by atoms with E-state index in [1.165, 1.54) is 12.1 Å². The molecule has 0 N–H and O–H groups in total. The molecule has 0 saturated heterocycles. The molecule has 90 valence electrons. The van der Waals surface area contributed by atoms with E-state index in [-0.39, 0.29) is 17.5 Å². The molecule has 2 aromatic carbocycles. The molecule has 0 fully saturated rings. The highest BCUT2D eigenvalue weighted by Gasteiger charge is 2.29. The maximum absolute atomic E-state index is 12.8. The van der Waals surface area contributed by atoms with Gasteiger partial charge in [-0.05, 0) is 36.1 Å². The second-order valence-corrected chi connectivity index (χ2v) is 4.75. The van der Waals surface area contributed by atoms with Crippen LogP contribution in [-0.4, -0.2) is 5.78 Å². The number of halogens is 1. The zero-order chi connectivity index (χ0) is 12.5. The molecule has 0 saturated carbocycles. The number of fused-ring (bicyclic) bond motifs is 1. The largest absolute Gasteiger partial charge is 0.294 e. The number of ketones is 1. The predicted octanol–water partition coefficient (Wildman–Crippen LogP) is 3.42. The Hall–Kier alpha value is -1.96. The van der Waals surface area contributed by atoms with Gasteiger partial charge in [0.1, 0.15) is 5.82 Å². The van der Waals surface area contributed by atoms with Crippen molar-refractivity contribution in [2.45, 2.75) is 12.8 Å². The van der Waals surface area contributed by atoms with Gasteiger partial charge in [-0.1, -0.05) is 36.4 Å². The molecule has 0 aromatic heterocycles. The molecule has 2 aromatic rings. The molecule has 0 heterocycles. The highest BCUT2D eigenvalue weighted by atomic mass is 19.1. The van der Waals surface area contributed by atoms with Crippen LogP contribution in [0, 0.1) is 11.7 Å². The van der Waals surface area contributed by atoms with Gasteiger partial charge in [-0.2, -0.15) is 0 Å². The van der Waals surface area contributed by atoms with Crippen molar-refractivity contribution in [2.24, 2.45) is 5.92 Å². The van der Waals surface area contributed by atoms with Gasteiger partial charge in [-0.3, -0.25) is 4.79 Å². The van der Waals surface area contributed by atoms with Crippen LogP contribution in [0.4, 0.5) is 4.39 Å². The quantitative estimate of drug-likeness (QED) is 0.786. The molecule has 1 atom stereocenters. The maximum Gasteiger partial charge on any atom is 0.166 e. The van der Waals surface area contributed by atoms with E-state index in [4.69, 9.17) is 0 Å². The van der Waals surface area contributed by atoms with E-state index in [0.29, 0.717) is 6.42 Å². The van der Waals surface area contributed by atoms with Crippen molar-refractivity contribution in [3.63, 3.8) is 0 Å². The lowest BCUT2D eigenvalue weighted by Crippen LogP contribution is -2.12. The third kappa shape index (κ3) is 1.94. The van der Waals surface area contributed by atoms with E-state index in [1.54, 1.807) is 12.1 Å². The molecule has 1 aliphatic rings. The Kier molecular flexibility index (Phi) is 2.71. The highest BCUT2D eigenvalue weighted by Crippen LogP contribution is 2.28. The van der Waals surface area contributed by atoms with Gasteiger partial charge in [0.05, 0.1) is 0 Å². The number of carbonyl (C=O) groups is 1. The van der Waals surface area contributed by atoms with Crippen LogP contribution in [0.25, 0.3) is 0 Å². The molecule has 1 nitrogen and oxygen atoms in total. The van der Waals surface area contributed by atoms with Crippen molar-refractivity contribution in [1.82, 2.24) is 0 Å². The summed E-state index contributed by atoms with van der Waals surface area (Å²) in [5.74, 6) is -0.0115. The van der Waals surface area contributed by atoms with Crippen molar-refractivity contribution in [2.75, 3.05) is 0 Å². The Morgan fingerprint density at radius 1 is 1.06 bits per heavy atom. The molecule has 18 heavy (non-hydrogen) atoms.